The van der Waals surface area contributed by atoms with Crippen molar-refractivity contribution >= 4 is 17.6 Å². The molecule has 0 saturated carbocycles. The van der Waals surface area contributed by atoms with Crippen molar-refractivity contribution in [1.82, 2.24) is 5.16 Å². The van der Waals surface area contributed by atoms with E-state index < -0.39 is 0 Å². The Morgan fingerprint density at radius 1 is 1.75 bits per heavy atom. The quantitative estimate of drug-likeness (QED) is 0.573. The largest absolute Gasteiger partial charge is 0.353 e. The SMILES string of the molecule is CCNc1onc(C)c1SC#N. The monoisotopic (exact) mass is 183 g/mol. The van der Waals surface area contributed by atoms with Crippen molar-refractivity contribution in [2.24, 2.45) is 0 Å². The van der Waals surface area contributed by atoms with E-state index in [0.717, 1.165) is 28.9 Å². The summed E-state index contributed by atoms with van der Waals surface area (Å²) in [5, 5.41) is 17.2. The second kappa shape index (κ2) is 4.02. The summed E-state index contributed by atoms with van der Waals surface area (Å²) in [4.78, 5) is 0.777. The molecule has 64 valence electrons. The third kappa shape index (κ3) is 1.71. The van der Waals surface area contributed by atoms with Gasteiger partial charge < -0.3 is 9.84 Å². The van der Waals surface area contributed by atoms with Crippen molar-refractivity contribution in [1.29, 1.82) is 5.26 Å². The molecule has 0 unspecified atom stereocenters. The van der Waals surface area contributed by atoms with Gasteiger partial charge in [0.1, 0.15) is 10.3 Å². The molecule has 1 aromatic rings. The zero-order valence-corrected chi connectivity index (χ0v) is 7.73. The van der Waals surface area contributed by atoms with E-state index in [2.05, 4.69) is 10.5 Å². The van der Waals surface area contributed by atoms with Crippen molar-refractivity contribution in [3.8, 4) is 5.40 Å². The molecule has 1 aromatic heterocycles. The first-order valence-electron chi connectivity index (χ1n) is 3.55. The second-order valence-electron chi connectivity index (χ2n) is 2.15. The van der Waals surface area contributed by atoms with Crippen LogP contribution in [0.15, 0.2) is 9.42 Å². The molecule has 0 spiro atoms. The zero-order chi connectivity index (χ0) is 8.97. The van der Waals surface area contributed by atoms with Gasteiger partial charge in [-0.2, -0.15) is 5.26 Å². The molecule has 0 aliphatic carbocycles. The molecule has 0 saturated heterocycles. The first kappa shape index (κ1) is 8.94. The first-order valence-corrected chi connectivity index (χ1v) is 4.37. The number of thioether (sulfide) groups is 1. The molecule has 1 N–H and O–H groups in total. The van der Waals surface area contributed by atoms with Crippen LogP contribution in [-0.4, -0.2) is 11.7 Å². The smallest absolute Gasteiger partial charge is 0.239 e. The van der Waals surface area contributed by atoms with Crippen LogP contribution in [0.2, 0.25) is 0 Å². The van der Waals surface area contributed by atoms with Crippen LogP contribution in [0.25, 0.3) is 0 Å². The highest BCUT2D eigenvalue weighted by atomic mass is 32.2. The number of aromatic nitrogens is 1. The van der Waals surface area contributed by atoms with Crippen LogP contribution < -0.4 is 5.32 Å². The van der Waals surface area contributed by atoms with Crippen LogP contribution in [-0.2, 0) is 0 Å². The van der Waals surface area contributed by atoms with E-state index >= 15 is 0 Å². The predicted molar refractivity (Wildman–Crippen MR) is 46.9 cm³/mol. The van der Waals surface area contributed by atoms with Crippen molar-refractivity contribution in [2.45, 2.75) is 18.7 Å². The summed E-state index contributed by atoms with van der Waals surface area (Å²) in [6, 6.07) is 0. The van der Waals surface area contributed by atoms with E-state index in [1.54, 1.807) is 0 Å². The van der Waals surface area contributed by atoms with Gasteiger partial charge in [0.05, 0.1) is 5.69 Å². The number of nitrogens with zero attached hydrogens (tertiary/aromatic N) is 2. The number of hydrogen-bond donors (Lipinski definition) is 1. The molecule has 4 nitrogen and oxygen atoms in total. The average molecular weight is 183 g/mol. The fraction of sp³-hybridized carbons (Fsp3) is 0.429. The topological polar surface area (TPSA) is 61.9 Å². The zero-order valence-electron chi connectivity index (χ0n) is 6.92. The molecule has 0 aliphatic heterocycles. The van der Waals surface area contributed by atoms with Gasteiger partial charge in [0.15, 0.2) is 0 Å². The maximum Gasteiger partial charge on any atom is 0.239 e. The molecule has 0 amide bonds. The molecule has 0 atom stereocenters. The third-order valence-corrected chi connectivity index (χ3v) is 2.07. The van der Waals surface area contributed by atoms with Crippen molar-refractivity contribution in [2.75, 3.05) is 11.9 Å². The maximum absolute atomic E-state index is 8.47. The van der Waals surface area contributed by atoms with Gasteiger partial charge in [-0.25, -0.2) is 0 Å². The highest BCUT2D eigenvalue weighted by Crippen LogP contribution is 2.29. The van der Waals surface area contributed by atoms with Crippen LogP contribution in [0.4, 0.5) is 5.88 Å². The Morgan fingerprint density at radius 3 is 3.08 bits per heavy atom. The fourth-order valence-electron chi connectivity index (χ4n) is 0.800. The summed E-state index contributed by atoms with van der Waals surface area (Å²) in [6.45, 7) is 4.52. The van der Waals surface area contributed by atoms with Crippen molar-refractivity contribution < 1.29 is 4.52 Å². The molecule has 0 radical (unpaired) electrons. The number of anilines is 1. The van der Waals surface area contributed by atoms with Gasteiger partial charge in [-0.3, -0.25) is 0 Å². The van der Waals surface area contributed by atoms with E-state index in [9.17, 15) is 0 Å². The van der Waals surface area contributed by atoms with Crippen LogP contribution in [0, 0.1) is 17.6 Å². The normalized spacial score (nSPS) is 9.42. The number of nitriles is 1. The molecule has 5 heteroatoms. The van der Waals surface area contributed by atoms with Gasteiger partial charge in [0.2, 0.25) is 5.88 Å². The minimum atomic E-state index is 0.585. The highest BCUT2D eigenvalue weighted by molar-refractivity contribution is 8.03. The first-order chi connectivity index (χ1) is 5.79. The fourth-order valence-corrected chi connectivity index (χ4v) is 1.28. The molecular formula is C7H9N3OS. The molecule has 0 fully saturated rings. The summed E-state index contributed by atoms with van der Waals surface area (Å²) < 4.78 is 4.96. The Bertz CT molecular complexity index is 302. The van der Waals surface area contributed by atoms with E-state index in [4.69, 9.17) is 9.78 Å². The number of rotatable bonds is 3. The number of nitrogens with one attached hydrogen (secondary N) is 1. The van der Waals surface area contributed by atoms with Gasteiger partial charge in [0.25, 0.3) is 0 Å². The van der Waals surface area contributed by atoms with Gasteiger partial charge in [-0.1, -0.05) is 5.16 Å². The molecule has 0 bridgehead atoms. The standard InChI is InChI=1S/C7H9N3OS/c1-3-9-7-6(12-4-8)5(2)10-11-7/h9H,3H2,1-2H3. The van der Waals surface area contributed by atoms with E-state index in [-0.39, 0.29) is 0 Å². The van der Waals surface area contributed by atoms with E-state index in [1.807, 2.05) is 19.2 Å². The maximum atomic E-state index is 8.47. The molecule has 1 heterocycles. The summed E-state index contributed by atoms with van der Waals surface area (Å²) in [5.74, 6) is 0.585. The third-order valence-electron chi connectivity index (χ3n) is 1.29. The summed E-state index contributed by atoms with van der Waals surface area (Å²) in [6.07, 6.45) is 0. The van der Waals surface area contributed by atoms with Gasteiger partial charge in [-0.05, 0) is 25.6 Å². The molecular weight excluding hydrogens is 174 g/mol. The van der Waals surface area contributed by atoms with Crippen LogP contribution >= 0.6 is 11.8 Å². The lowest BCUT2D eigenvalue weighted by Crippen LogP contribution is -1.95. The molecule has 1 rings (SSSR count). The minimum Gasteiger partial charge on any atom is -0.353 e. The highest BCUT2D eigenvalue weighted by Gasteiger charge is 2.11. The summed E-state index contributed by atoms with van der Waals surface area (Å²) >= 11 is 1.06. The van der Waals surface area contributed by atoms with E-state index in [1.165, 1.54) is 0 Å². The minimum absolute atomic E-state index is 0.585. The number of hydrogen-bond acceptors (Lipinski definition) is 5. The van der Waals surface area contributed by atoms with Crippen LogP contribution in [0.1, 0.15) is 12.6 Å². The van der Waals surface area contributed by atoms with Gasteiger partial charge in [0, 0.05) is 6.54 Å². The van der Waals surface area contributed by atoms with Crippen LogP contribution in [0.3, 0.4) is 0 Å². The van der Waals surface area contributed by atoms with Crippen molar-refractivity contribution in [3.63, 3.8) is 0 Å². The number of thiocyanates is 1. The molecule has 0 aliphatic rings. The van der Waals surface area contributed by atoms with Crippen molar-refractivity contribution in [3.05, 3.63) is 5.69 Å². The number of aryl methyl sites for hydroxylation is 1. The lowest BCUT2D eigenvalue weighted by Gasteiger charge is -1.96. The Hall–Kier alpha value is -1.15. The lowest BCUT2D eigenvalue weighted by atomic mass is 10.5. The Kier molecular flexibility index (Phi) is 3.00. The van der Waals surface area contributed by atoms with Gasteiger partial charge in [-0.15, -0.1) is 0 Å². The Labute approximate surface area is 74.9 Å². The molecule has 0 aromatic carbocycles. The Balaban J connectivity index is 2.89. The Morgan fingerprint density at radius 2 is 2.50 bits per heavy atom. The summed E-state index contributed by atoms with van der Waals surface area (Å²) in [5.41, 5.74) is 0.748. The summed E-state index contributed by atoms with van der Waals surface area (Å²) in [7, 11) is 0. The molecule has 12 heavy (non-hydrogen) atoms. The van der Waals surface area contributed by atoms with E-state index in [0.29, 0.717) is 5.88 Å². The van der Waals surface area contributed by atoms with Gasteiger partial charge >= 0.3 is 0 Å². The second-order valence-corrected chi connectivity index (χ2v) is 2.94. The lowest BCUT2D eigenvalue weighted by molar-refractivity contribution is 0.426. The predicted octanol–water partition coefficient (Wildman–Crippen LogP) is 1.99. The average Bonchev–Trinajstić information content (AvgIpc) is 2.37. The van der Waals surface area contributed by atoms with Crippen LogP contribution in [0.5, 0.6) is 0 Å².